The molecule has 4 heterocycles. The van der Waals surface area contributed by atoms with Crippen molar-refractivity contribution in [3.63, 3.8) is 0 Å². The quantitative estimate of drug-likeness (QED) is 0.583. The Morgan fingerprint density at radius 2 is 1.65 bits per heavy atom. The van der Waals surface area contributed by atoms with Crippen LogP contribution in [0.5, 0.6) is 0 Å². The van der Waals surface area contributed by atoms with Crippen LogP contribution >= 0.6 is 0 Å². The van der Waals surface area contributed by atoms with E-state index in [0.717, 1.165) is 43.0 Å². The Bertz CT molecular complexity index is 1220. The molecule has 196 valence electrons. The number of nitrogens with zero attached hydrogens (tertiary/aromatic N) is 6. The van der Waals surface area contributed by atoms with Crippen molar-refractivity contribution in [2.75, 3.05) is 56.1 Å². The number of benzene rings is 1. The van der Waals surface area contributed by atoms with Crippen molar-refractivity contribution in [3.05, 3.63) is 53.9 Å². The fourth-order valence-corrected chi connectivity index (χ4v) is 5.52. The maximum absolute atomic E-state index is 13.6. The smallest absolute Gasteiger partial charge is 0.310 e. The summed E-state index contributed by atoms with van der Waals surface area (Å²) >= 11 is 0. The molecule has 0 atom stereocenters. The van der Waals surface area contributed by atoms with Gasteiger partial charge in [-0.15, -0.1) is 0 Å². The van der Waals surface area contributed by atoms with Gasteiger partial charge in [0.15, 0.2) is 0 Å². The van der Waals surface area contributed by atoms with Gasteiger partial charge in [-0.05, 0) is 56.3 Å². The summed E-state index contributed by atoms with van der Waals surface area (Å²) < 4.78 is 0. The van der Waals surface area contributed by atoms with Gasteiger partial charge in [0.1, 0.15) is 5.54 Å². The summed E-state index contributed by atoms with van der Waals surface area (Å²) in [6.45, 7) is 12.7. The molecule has 4 amide bonds. The fourth-order valence-electron chi connectivity index (χ4n) is 5.52. The second-order valence-corrected chi connectivity index (χ2v) is 11.6. The Labute approximate surface area is 218 Å². The highest BCUT2D eigenvalue weighted by atomic mass is 16.2. The molecule has 3 aliphatic rings. The highest BCUT2D eigenvalue weighted by molar-refractivity contribution is 6.23. The van der Waals surface area contributed by atoms with Gasteiger partial charge >= 0.3 is 6.03 Å². The largest absolute Gasteiger partial charge is 0.332 e. The lowest BCUT2D eigenvalue weighted by molar-refractivity contribution is -0.123. The zero-order chi connectivity index (χ0) is 26.5. The third-order valence-corrected chi connectivity index (χ3v) is 7.98. The zero-order valence-corrected chi connectivity index (χ0v) is 22.4. The van der Waals surface area contributed by atoms with Gasteiger partial charge in [-0.25, -0.2) is 9.69 Å². The number of anilines is 2. The average molecular weight is 505 g/mol. The molecule has 9 heteroatoms. The third kappa shape index (κ3) is 4.51. The van der Waals surface area contributed by atoms with Crippen molar-refractivity contribution in [2.24, 2.45) is 0 Å². The van der Waals surface area contributed by atoms with Gasteiger partial charge < -0.3 is 14.7 Å². The first-order chi connectivity index (χ1) is 17.5. The molecule has 1 aromatic carbocycles. The number of hydrogen-bond acceptors (Lipinski definition) is 6. The third-order valence-electron chi connectivity index (χ3n) is 7.98. The predicted octanol–water partition coefficient (Wildman–Crippen LogP) is 2.70. The molecular formula is C28H36N6O3. The molecule has 1 aromatic heterocycles. The number of piperazine rings is 1. The fraction of sp³-hybridized carbons (Fsp3) is 0.500. The number of fused-ring (bicyclic) bond motifs is 1. The topological polar surface area (TPSA) is 80.3 Å². The van der Waals surface area contributed by atoms with E-state index < -0.39 is 5.54 Å². The number of rotatable bonds is 5. The molecule has 0 unspecified atom stereocenters. The lowest BCUT2D eigenvalue weighted by Gasteiger charge is -2.33. The summed E-state index contributed by atoms with van der Waals surface area (Å²) in [4.78, 5) is 53.8. The summed E-state index contributed by atoms with van der Waals surface area (Å²) in [7, 11) is 2.10. The van der Waals surface area contributed by atoms with Crippen LogP contribution in [-0.2, 0) is 21.5 Å². The summed E-state index contributed by atoms with van der Waals surface area (Å²) in [6, 6.07) is 8.96. The van der Waals surface area contributed by atoms with E-state index in [4.69, 9.17) is 0 Å². The molecule has 5 rings (SSSR count). The SMILES string of the molecule is CN1CCN(CC(=O)N2CC(C)(C)c3ccc(N4C(=O)N(Cc5ccncc5)C(C)(C)C4=O)cc32)CC1. The van der Waals surface area contributed by atoms with Gasteiger partial charge in [0.2, 0.25) is 5.91 Å². The molecular weight excluding hydrogens is 468 g/mol. The van der Waals surface area contributed by atoms with Crippen molar-refractivity contribution in [3.8, 4) is 0 Å². The Morgan fingerprint density at radius 1 is 0.973 bits per heavy atom. The Morgan fingerprint density at radius 3 is 2.32 bits per heavy atom. The van der Waals surface area contributed by atoms with Crippen LogP contribution in [0.15, 0.2) is 42.7 Å². The second-order valence-electron chi connectivity index (χ2n) is 11.6. The number of likely N-dealkylation sites (N-methyl/N-ethyl adjacent to an activating group) is 1. The number of amides is 4. The van der Waals surface area contributed by atoms with E-state index in [2.05, 4.69) is 35.7 Å². The van der Waals surface area contributed by atoms with Crippen molar-refractivity contribution in [2.45, 2.75) is 45.2 Å². The van der Waals surface area contributed by atoms with Crippen LogP contribution in [0.4, 0.5) is 16.2 Å². The van der Waals surface area contributed by atoms with Gasteiger partial charge in [-0.1, -0.05) is 19.9 Å². The van der Waals surface area contributed by atoms with Crippen LogP contribution in [-0.4, -0.2) is 89.4 Å². The van der Waals surface area contributed by atoms with E-state index in [0.29, 0.717) is 25.3 Å². The minimum Gasteiger partial charge on any atom is -0.310 e. The summed E-state index contributed by atoms with van der Waals surface area (Å²) in [5, 5.41) is 0. The lowest BCUT2D eigenvalue weighted by Crippen LogP contribution is -2.49. The first-order valence-electron chi connectivity index (χ1n) is 12.9. The average Bonchev–Trinajstić information content (AvgIpc) is 3.23. The van der Waals surface area contributed by atoms with Crippen LogP contribution in [0, 0.1) is 0 Å². The number of pyridine rings is 1. The Hall–Kier alpha value is -3.30. The van der Waals surface area contributed by atoms with Gasteiger partial charge in [-0.2, -0.15) is 0 Å². The zero-order valence-electron chi connectivity index (χ0n) is 22.4. The van der Waals surface area contributed by atoms with Gasteiger partial charge in [0.05, 0.1) is 12.2 Å². The van der Waals surface area contributed by atoms with Crippen molar-refractivity contribution in [1.29, 1.82) is 0 Å². The Kier molecular flexibility index (Phi) is 6.32. The first kappa shape index (κ1) is 25.4. The van der Waals surface area contributed by atoms with Crippen LogP contribution in [0.1, 0.15) is 38.8 Å². The molecule has 9 nitrogen and oxygen atoms in total. The van der Waals surface area contributed by atoms with E-state index in [9.17, 15) is 14.4 Å². The van der Waals surface area contributed by atoms with Crippen LogP contribution in [0.3, 0.4) is 0 Å². The lowest BCUT2D eigenvalue weighted by atomic mass is 9.87. The monoisotopic (exact) mass is 504 g/mol. The molecule has 3 aliphatic heterocycles. The van der Waals surface area contributed by atoms with Crippen LogP contribution < -0.4 is 9.80 Å². The predicted molar refractivity (Wildman–Crippen MR) is 142 cm³/mol. The van der Waals surface area contributed by atoms with Crippen LogP contribution in [0.2, 0.25) is 0 Å². The summed E-state index contributed by atoms with van der Waals surface area (Å²) in [6.07, 6.45) is 3.36. The van der Waals surface area contributed by atoms with E-state index in [1.165, 1.54) is 4.90 Å². The maximum atomic E-state index is 13.6. The Balaban J connectivity index is 1.42. The molecule has 37 heavy (non-hydrogen) atoms. The highest BCUT2D eigenvalue weighted by Gasteiger charge is 2.52. The number of carbonyl (C=O) groups is 3. The van der Waals surface area contributed by atoms with Crippen LogP contribution in [0.25, 0.3) is 0 Å². The van der Waals surface area contributed by atoms with E-state index in [-0.39, 0.29) is 23.3 Å². The number of urea groups is 1. The molecule has 0 saturated carbocycles. The van der Waals surface area contributed by atoms with Crippen molar-refractivity contribution >= 4 is 29.2 Å². The molecule has 2 saturated heterocycles. The minimum atomic E-state index is -1.00. The minimum absolute atomic E-state index is 0.0484. The highest BCUT2D eigenvalue weighted by Crippen LogP contribution is 2.44. The molecule has 0 bridgehead atoms. The molecule has 2 aromatic rings. The number of carbonyl (C=O) groups excluding carboxylic acids is 3. The first-order valence-corrected chi connectivity index (χ1v) is 12.9. The second kappa shape index (κ2) is 9.22. The summed E-state index contributed by atoms with van der Waals surface area (Å²) in [5.41, 5.74) is 2.01. The number of imide groups is 1. The van der Waals surface area contributed by atoms with Gasteiger partial charge in [-0.3, -0.25) is 19.5 Å². The normalized spacial score (nSPS) is 21.6. The molecule has 0 radical (unpaired) electrons. The molecule has 2 fully saturated rings. The van der Waals surface area contributed by atoms with Gasteiger partial charge in [0, 0.05) is 62.8 Å². The van der Waals surface area contributed by atoms with E-state index >= 15 is 0 Å². The molecule has 0 N–H and O–H groups in total. The number of aromatic nitrogens is 1. The van der Waals surface area contributed by atoms with Crippen molar-refractivity contribution in [1.82, 2.24) is 19.7 Å². The van der Waals surface area contributed by atoms with Crippen molar-refractivity contribution < 1.29 is 14.4 Å². The summed E-state index contributed by atoms with van der Waals surface area (Å²) in [5.74, 6) is -0.230. The molecule has 0 spiro atoms. The molecule has 0 aliphatic carbocycles. The maximum Gasteiger partial charge on any atom is 0.332 e. The standard InChI is InChI=1S/C28H36N6O3/c1-27(2)19-32(24(35)18-31-14-12-30(5)13-15-31)23-16-21(6-7-22(23)27)34-25(36)28(3,4)33(26(34)37)17-20-8-10-29-11-9-20/h6-11,16H,12-15,17-19H2,1-5H3. The number of hydrogen-bond donors (Lipinski definition) is 0. The van der Waals surface area contributed by atoms with E-state index in [1.807, 2.05) is 35.2 Å². The van der Waals surface area contributed by atoms with Gasteiger partial charge in [0.25, 0.3) is 5.91 Å². The van der Waals surface area contributed by atoms with E-state index in [1.54, 1.807) is 31.1 Å².